The van der Waals surface area contributed by atoms with E-state index in [1.807, 2.05) is 12.2 Å². The molecular weight excluding hydrogens is 464 g/mol. The number of piperidine rings is 1. The quantitative estimate of drug-likeness (QED) is 0.468. The van der Waals surface area contributed by atoms with Crippen LogP contribution in [0.25, 0.3) is 11.0 Å². The number of aromatic nitrogens is 1. The number of nitrogens with zero attached hydrogens (tertiary/aromatic N) is 4. The van der Waals surface area contributed by atoms with Crippen molar-refractivity contribution in [3.05, 3.63) is 46.7 Å². The summed E-state index contributed by atoms with van der Waals surface area (Å²) >= 11 is 0. The van der Waals surface area contributed by atoms with E-state index in [4.69, 9.17) is 14.5 Å². The van der Waals surface area contributed by atoms with E-state index in [9.17, 15) is 5.11 Å². The molecule has 0 atom stereocenters. The third kappa shape index (κ3) is 6.26. The number of hydrogen-bond donors (Lipinski definition) is 1. The van der Waals surface area contributed by atoms with Crippen molar-refractivity contribution in [2.75, 3.05) is 46.9 Å². The summed E-state index contributed by atoms with van der Waals surface area (Å²) in [5.41, 5.74) is 5.15. The SMILES string of the molecule is CN(C)Cc1c(OCC2=CC=C(C#N)CC2)ccc2c(CCC3CCN(CC4(CO)CC4)CC3)noc12. The average Bonchev–Trinajstić information content (AvgIpc) is 3.57. The number of aryl methyl sites for hydroxylation is 1. The van der Waals surface area contributed by atoms with Crippen LogP contribution in [0.3, 0.4) is 0 Å². The van der Waals surface area contributed by atoms with Crippen molar-refractivity contribution in [2.24, 2.45) is 11.3 Å². The zero-order chi connectivity index (χ0) is 25.8. The van der Waals surface area contributed by atoms with Crippen molar-refractivity contribution in [1.29, 1.82) is 5.26 Å². The van der Waals surface area contributed by atoms with E-state index in [0.29, 0.717) is 19.8 Å². The molecular formula is C30H40N4O3. The van der Waals surface area contributed by atoms with E-state index < -0.39 is 0 Å². The van der Waals surface area contributed by atoms with Crippen molar-refractivity contribution in [3.63, 3.8) is 0 Å². The number of rotatable bonds is 11. The summed E-state index contributed by atoms with van der Waals surface area (Å²) in [6.07, 6.45) is 12.4. The first-order chi connectivity index (χ1) is 18.0. The lowest BCUT2D eigenvalue weighted by molar-refractivity contribution is 0.115. The summed E-state index contributed by atoms with van der Waals surface area (Å²) in [7, 11) is 4.10. The lowest BCUT2D eigenvalue weighted by Gasteiger charge is -2.34. The summed E-state index contributed by atoms with van der Waals surface area (Å²) in [6.45, 7) is 4.92. The van der Waals surface area contributed by atoms with Crippen molar-refractivity contribution in [3.8, 4) is 11.8 Å². The Kier molecular flexibility index (Phi) is 7.99. The van der Waals surface area contributed by atoms with Gasteiger partial charge in [-0.05, 0) is 108 Å². The van der Waals surface area contributed by atoms with Crippen LogP contribution in [-0.2, 0) is 13.0 Å². The summed E-state index contributed by atoms with van der Waals surface area (Å²) in [5, 5.41) is 24.3. The molecule has 198 valence electrons. The lowest BCUT2D eigenvalue weighted by Crippen LogP contribution is -2.38. The number of nitriles is 1. The second-order valence-corrected chi connectivity index (χ2v) is 11.6. The van der Waals surface area contributed by atoms with Gasteiger partial charge in [-0.2, -0.15) is 5.26 Å². The van der Waals surface area contributed by atoms with Crippen molar-refractivity contribution in [1.82, 2.24) is 15.0 Å². The zero-order valence-electron chi connectivity index (χ0n) is 22.3. The second kappa shape index (κ2) is 11.4. The van der Waals surface area contributed by atoms with Gasteiger partial charge in [0.05, 0.1) is 17.3 Å². The molecule has 1 saturated carbocycles. The maximum Gasteiger partial charge on any atom is 0.175 e. The van der Waals surface area contributed by atoms with Gasteiger partial charge in [0.1, 0.15) is 12.4 Å². The molecule has 0 bridgehead atoms. The van der Waals surface area contributed by atoms with Crippen LogP contribution in [0.15, 0.2) is 40.0 Å². The Hall–Kier alpha value is -2.66. The molecule has 1 aromatic heterocycles. The first kappa shape index (κ1) is 26.0. The molecule has 7 heteroatoms. The van der Waals surface area contributed by atoms with E-state index in [1.54, 1.807) is 0 Å². The van der Waals surface area contributed by atoms with E-state index in [-0.39, 0.29) is 5.41 Å². The van der Waals surface area contributed by atoms with Gasteiger partial charge in [0.15, 0.2) is 5.58 Å². The molecule has 0 unspecified atom stereocenters. The van der Waals surface area contributed by atoms with Gasteiger partial charge in [-0.3, -0.25) is 0 Å². The molecule has 0 amide bonds. The van der Waals surface area contributed by atoms with Crippen molar-refractivity contribution < 1.29 is 14.4 Å². The lowest BCUT2D eigenvalue weighted by atomic mass is 9.90. The highest BCUT2D eigenvalue weighted by Crippen LogP contribution is 2.46. The highest BCUT2D eigenvalue weighted by atomic mass is 16.5. The van der Waals surface area contributed by atoms with Gasteiger partial charge in [-0.1, -0.05) is 11.2 Å². The average molecular weight is 505 g/mol. The third-order valence-corrected chi connectivity index (χ3v) is 8.39. The molecule has 0 radical (unpaired) electrons. The zero-order valence-corrected chi connectivity index (χ0v) is 22.3. The summed E-state index contributed by atoms with van der Waals surface area (Å²) in [6, 6.07) is 6.40. The Labute approximate surface area is 220 Å². The van der Waals surface area contributed by atoms with Crippen molar-refractivity contribution >= 4 is 11.0 Å². The molecule has 2 heterocycles. The number of fused-ring (bicyclic) bond motifs is 1. The molecule has 37 heavy (non-hydrogen) atoms. The number of benzene rings is 1. The van der Waals surface area contributed by atoms with Crippen molar-refractivity contribution in [2.45, 2.75) is 57.9 Å². The molecule has 2 fully saturated rings. The maximum atomic E-state index is 9.64. The van der Waals surface area contributed by atoms with Gasteiger partial charge in [0.25, 0.3) is 0 Å². The minimum absolute atomic E-state index is 0.213. The third-order valence-electron chi connectivity index (χ3n) is 8.39. The smallest absolute Gasteiger partial charge is 0.175 e. The summed E-state index contributed by atoms with van der Waals surface area (Å²) < 4.78 is 12.2. The van der Waals surface area contributed by atoms with Gasteiger partial charge in [0, 0.05) is 36.1 Å². The molecule has 1 aromatic carbocycles. The molecule has 1 saturated heterocycles. The minimum atomic E-state index is 0.213. The van der Waals surface area contributed by atoms with Crippen LogP contribution in [0.2, 0.25) is 0 Å². The van der Waals surface area contributed by atoms with Crippen LogP contribution in [-0.4, -0.2) is 67.0 Å². The van der Waals surface area contributed by atoms with E-state index in [1.165, 1.54) is 31.3 Å². The Morgan fingerprint density at radius 2 is 2.03 bits per heavy atom. The Bertz CT molecular complexity index is 1190. The molecule has 1 aliphatic heterocycles. The first-order valence-electron chi connectivity index (χ1n) is 13.8. The number of ether oxygens (including phenoxy) is 1. The number of hydrogen-bond acceptors (Lipinski definition) is 7. The molecule has 5 rings (SSSR count). The first-order valence-corrected chi connectivity index (χ1v) is 13.8. The summed E-state index contributed by atoms with van der Waals surface area (Å²) in [4.78, 5) is 4.68. The number of aliphatic hydroxyl groups is 1. The predicted octanol–water partition coefficient (Wildman–Crippen LogP) is 4.86. The normalized spacial score (nSPS) is 20.1. The van der Waals surface area contributed by atoms with Gasteiger partial charge in [-0.25, -0.2) is 0 Å². The fraction of sp³-hybridized carbons (Fsp3) is 0.600. The van der Waals surface area contributed by atoms with E-state index in [2.05, 4.69) is 47.3 Å². The highest BCUT2D eigenvalue weighted by molar-refractivity contribution is 5.84. The molecule has 3 aliphatic rings. The Balaban J connectivity index is 1.21. The second-order valence-electron chi connectivity index (χ2n) is 11.6. The highest BCUT2D eigenvalue weighted by Gasteiger charge is 2.43. The Morgan fingerprint density at radius 1 is 1.22 bits per heavy atom. The molecule has 2 aliphatic carbocycles. The van der Waals surface area contributed by atoms with E-state index >= 15 is 0 Å². The minimum Gasteiger partial charge on any atom is -0.489 e. The number of aliphatic hydroxyl groups excluding tert-OH is 1. The molecule has 0 spiro atoms. The number of allylic oxidation sites excluding steroid dienone is 3. The fourth-order valence-electron chi connectivity index (χ4n) is 5.73. The van der Waals surface area contributed by atoms with Crippen LogP contribution in [0.4, 0.5) is 0 Å². The largest absolute Gasteiger partial charge is 0.489 e. The van der Waals surface area contributed by atoms with Crippen LogP contribution in [0.5, 0.6) is 5.75 Å². The van der Waals surface area contributed by atoms with Gasteiger partial charge < -0.3 is 24.2 Å². The maximum absolute atomic E-state index is 9.64. The predicted molar refractivity (Wildman–Crippen MR) is 144 cm³/mol. The van der Waals surface area contributed by atoms with Gasteiger partial charge in [-0.15, -0.1) is 0 Å². The number of likely N-dealkylation sites (tertiary alicyclic amines) is 1. The van der Waals surface area contributed by atoms with Crippen LogP contribution >= 0.6 is 0 Å². The molecule has 7 nitrogen and oxygen atoms in total. The van der Waals surface area contributed by atoms with Crippen LogP contribution in [0, 0.1) is 22.7 Å². The monoisotopic (exact) mass is 504 g/mol. The van der Waals surface area contributed by atoms with Gasteiger partial charge >= 0.3 is 0 Å². The van der Waals surface area contributed by atoms with Crippen LogP contribution < -0.4 is 4.74 Å². The topological polar surface area (TPSA) is 85.8 Å². The molecule has 1 N–H and O–H groups in total. The van der Waals surface area contributed by atoms with Gasteiger partial charge in [0.2, 0.25) is 0 Å². The molecule has 2 aromatic rings. The summed E-state index contributed by atoms with van der Waals surface area (Å²) in [5.74, 6) is 1.55. The standard InChI is InChI=1S/C30H40N4O3/c1-33(2)18-26-28(36-19-24-5-3-23(17-31)4-6-24)10-8-25-27(32-37-29(25)26)9-7-22-11-15-34(16-12-22)20-30(21-35)13-14-30/h3,5,8,10,22,35H,4,6-7,9,11-16,18-21H2,1-2H3. The van der Waals surface area contributed by atoms with E-state index in [0.717, 1.165) is 84.8 Å². The Morgan fingerprint density at radius 3 is 2.68 bits per heavy atom. The van der Waals surface area contributed by atoms with Crippen LogP contribution in [0.1, 0.15) is 56.2 Å². The fourth-order valence-corrected chi connectivity index (χ4v) is 5.73.